The zero-order valence-electron chi connectivity index (χ0n) is 15.9. The van der Waals surface area contributed by atoms with Crippen molar-refractivity contribution in [2.75, 3.05) is 6.54 Å². The molecule has 1 atom stereocenters. The molecule has 0 aromatic carbocycles. The Kier molecular flexibility index (Phi) is 13.9. The molecule has 25 heavy (non-hydrogen) atoms. The number of nitrogens with one attached hydrogen (secondary N) is 3. The molecule has 0 fully saturated rings. The number of rotatable bonds is 16. The molecule has 0 saturated carbocycles. The number of hydrogen-bond acceptors (Lipinski definition) is 5. The monoisotopic (exact) mass is 351 g/mol. The molecular weight excluding hydrogens is 314 g/mol. The van der Waals surface area contributed by atoms with Crippen LogP contribution in [0.4, 0.5) is 0 Å². The maximum Gasteiger partial charge on any atom is 0.219 e. The molecule has 6 nitrogen and oxygen atoms in total. The van der Waals surface area contributed by atoms with Crippen molar-refractivity contribution in [3.05, 3.63) is 12.2 Å². The van der Waals surface area contributed by atoms with E-state index < -0.39 is 0 Å². The van der Waals surface area contributed by atoms with Crippen LogP contribution < -0.4 is 16.3 Å². The lowest BCUT2D eigenvalue weighted by molar-refractivity contribution is -0.121. The predicted octanol–water partition coefficient (Wildman–Crippen LogP) is 4.55. The van der Waals surface area contributed by atoms with Gasteiger partial charge in [0.1, 0.15) is 6.17 Å². The van der Waals surface area contributed by atoms with Gasteiger partial charge in [0.25, 0.3) is 0 Å². The van der Waals surface area contributed by atoms with E-state index in [9.17, 15) is 4.79 Å². The summed E-state index contributed by atoms with van der Waals surface area (Å²) in [5, 5.41) is 10.7. The van der Waals surface area contributed by atoms with Crippen LogP contribution in [0, 0.1) is 0 Å². The Hall–Kier alpha value is -1.43. The fourth-order valence-electron chi connectivity index (χ4n) is 2.79. The molecule has 144 valence electrons. The van der Waals surface area contributed by atoms with Gasteiger partial charge >= 0.3 is 0 Å². The van der Waals surface area contributed by atoms with Crippen molar-refractivity contribution in [3.8, 4) is 0 Å². The minimum Gasteiger partial charge on any atom is -0.356 e. The summed E-state index contributed by atoms with van der Waals surface area (Å²) in [5.74, 6) is 0.219. The third-order valence-corrected chi connectivity index (χ3v) is 4.37. The molecule has 1 amide bonds. The van der Waals surface area contributed by atoms with Crippen LogP contribution in [0.1, 0.15) is 90.4 Å². The molecule has 1 heterocycles. The highest BCUT2D eigenvalue weighted by molar-refractivity contribution is 5.75. The van der Waals surface area contributed by atoms with Gasteiger partial charge in [0.15, 0.2) is 0 Å². The van der Waals surface area contributed by atoms with Crippen LogP contribution in [0.25, 0.3) is 0 Å². The van der Waals surface area contributed by atoms with Crippen molar-refractivity contribution in [1.82, 2.24) is 16.3 Å². The third-order valence-electron chi connectivity index (χ3n) is 4.37. The average molecular weight is 352 g/mol. The third kappa shape index (κ3) is 13.5. The molecule has 3 N–H and O–H groups in total. The Bertz CT molecular complexity index is 384. The first-order valence-electron chi connectivity index (χ1n) is 10.1. The number of amides is 1. The van der Waals surface area contributed by atoms with Gasteiger partial charge in [-0.2, -0.15) is 5.43 Å². The van der Waals surface area contributed by atoms with Crippen LogP contribution in [-0.4, -0.2) is 18.6 Å². The predicted molar refractivity (Wildman–Crippen MR) is 103 cm³/mol. The second-order valence-corrected chi connectivity index (χ2v) is 6.75. The Morgan fingerprint density at radius 2 is 1.76 bits per heavy atom. The molecule has 0 aromatic heterocycles. The molecular formula is C19H37N5O. The molecule has 0 aliphatic carbocycles. The van der Waals surface area contributed by atoms with Crippen LogP contribution in [0.3, 0.4) is 0 Å². The zero-order valence-corrected chi connectivity index (χ0v) is 15.9. The summed E-state index contributed by atoms with van der Waals surface area (Å²) in [6.07, 6.45) is 19.3. The van der Waals surface area contributed by atoms with Gasteiger partial charge in [0.05, 0.1) is 0 Å². The summed E-state index contributed by atoms with van der Waals surface area (Å²) in [5.41, 5.74) is 5.65. The molecule has 1 rings (SSSR count). The van der Waals surface area contributed by atoms with Gasteiger partial charge in [-0.15, -0.1) is 5.11 Å². The van der Waals surface area contributed by atoms with Crippen LogP contribution >= 0.6 is 0 Å². The molecule has 0 saturated heterocycles. The SMILES string of the molecule is CCCCCCC(=O)NCCCCC=CCCCCCC1N=NNN1. The minimum atomic E-state index is 0.160. The van der Waals surface area contributed by atoms with Crippen molar-refractivity contribution in [2.24, 2.45) is 10.3 Å². The standard InChI is InChI=1S/C19H37N5O/c1-2-3-4-13-16-19(25)20-17-14-11-9-7-5-6-8-10-12-15-18-21-23-24-22-18/h5,7,18H,2-4,6,8-17H2,1H3,(H,20,25)(H,21,24)(H,22,23). The topological polar surface area (TPSA) is 77.9 Å². The lowest BCUT2D eigenvalue weighted by Gasteiger charge is -2.04. The Morgan fingerprint density at radius 1 is 1.00 bits per heavy atom. The van der Waals surface area contributed by atoms with E-state index in [1.165, 1.54) is 38.5 Å². The summed E-state index contributed by atoms with van der Waals surface area (Å²) < 4.78 is 0. The number of nitrogens with zero attached hydrogens (tertiary/aromatic N) is 2. The number of unbranched alkanes of at least 4 members (excludes halogenated alkanes) is 8. The van der Waals surface area contributed by atoms with Gasteiger partial charge in [-0.3, -0.25) is 4.79 Å². The molecule has 1 aliphatic rings. The maximum atomic E-state index is 11.6. The van der Waals surface area contributed by atoms with E-state index in [2.05, 4.69) is 45.7 Å². The fraction of sp³-hybridized carbons (Fsp3) is 0.842. The molecule has 1 aliphatic heterocycles. The summed E-state index contributed by atoms with van der Waals surface area (Å²) in [7, 11) is 0. The first kappa shape index (κ1) is 21.6. The smallest absolute Gasteiger partial charge is 0.219 e. The summed E-state index contributed by atoms with van der Waals surface area (Å²) in [6, 6.07) is 0. The van der Waals surface area contributed by atoms with Crippen molar-refractivity contribution >= 4 is 5.91 Å². The van der Waals surface area contributed by atoms with Gasteiger partial charge in [-0.25, -0.2) is 5.53 Å². The number of carbonyl (C=O) groups excluding carboxylic acids is 1. The van der Waals surface area contributed by atoms with E-state index in [0.717, 1.165) is 45.1 Å². The summed E-state index contributed by atoms with van der Waals surface area (Å²) in [6.45, 7) is 3.01. The Morgan fingerprint density at radius 3 is 2.48 bits per heavy atom. The van der Waals surface area contributed by atoms with E-state index in [0.29, 0.717) is 6.42 Å². The van der Waals surface area contributed by atoms with Crippen LogP contribution in [0.2, 0.25) is 0 Å². The lowest BCUT2D eigenvalue weighted by atomic mass is 10.1. The largest absolute Gasteiger partial charge is 0.356 e. The van der Waals surface area contributed by atoms with Gasteiger partial charge in [-0.05, 0) is 51.4 Å². The van der Waals surface area contributed by atoms with Gasteiger partial charge in [0.2, 0.25) is 5.91 Å². The zero-order chi connectivity index (χ0) is 18.0. The number of hydrazine groups is 1. The number of carbonyl (C=O) groups is 1. The first-order valence-corrected chi connectivity index (χ1v) is 10.1. The highest BCUT2D eigenvalue weighted by Gasteiger charge is 2.08. The van der Waals surface area contributed by atoms with Crippen LogP contribution in [0.5, 0.6) is 0 Å². The Labute approximate surface area is 153 Å². The van der Waals surface area contributed by atoms with Gasteiger partial charge < -0.3 is 5.32 Å². The Balaban J connectivity index is 1.77. The maximum absolute atomic E-state index is 11.6. The van der Waals surface area contributed by atoms with Crippen molar-refractivity contribution in [1.29, 1.82) is 0 Å². The van der Waals surface area contributed by atoms with E-state index in [-0.39, 0.29) is 12.1 Å². The highest BCUT2D eigenvalue weighted by atomic mass is 16.1. The van der Waals surface area contributed by atoms with Crippen molar-refractivity contribution in [3.63, 3.8) is 0 Å². The van der Waals surface area contributed by atoms with E-state index in [1.807, 2.05) is 0 Å². The van der Waals surface area contributed by atoms with Gasteiger partial charge in [-0.1, -0.05) is 50.0 Å². The number of hydrogen-bond donors (Lipinski definition) is 3. The molecule has 0 bridgehead atoms. The number of allylic oxidation sites excluding steroid dienone is 2. The summed E-state index contributed by atoms with van der Waals surface area (Å²) >= 11 is 0. The minimum absolute atomic E-state index is 0.160. The molecule has 6 heteroatoms. The highest BCUT2D eigenvalue weighted by Crippen LogP contribution is 2.09. The van der Waals surface area contributed by atoms with Crippen molar-refractivity contribution < 1.29 is 4.79 Å². The van der Waals surface area contributed by atoms with Crippen LogP contribution in [-0.2, 0) is 4.79 Å². The van der Waals surface area contributed by atoms with Gasteiger partial charge in [0, 0.05) is 13.0 Å². The molecule has 1 unspecified atom stereocenters. The van der Waals surface area contributed by atoms with E-state index in [1.54, 1.807) is 0 Å². The van der Waals surface area contributed by atoms with Crippen molar-refractivity contribution in [2.45, 2.75) is 96.6 Å². The summed E-state index contributed by atoms with van der Waals surface area (Å²) in [4.78, 5) is 11.6. The second-order valence-electron chi connectivity index (χ2n) is 6.75. The fourth-order valence-corrected chi connectivity index (χ4v) is 2.79. The second kappa shape index (κ2) is 16.1. The lowest BCUT2D eigenvalue weighted by Crippen LogP contribution is -2.29. The molecule has 0 aromatic rings. The van der Waals surface area contributed by atoms with E-state index >= 15 is 0 Å². The molecule has 0 spiro atoms. The quantitative estimate of drug-likeness (QED) is 0.282. The van der Waals surface area contributed by atoms with E-state index in [4.69, 9.17) is 0 Å². The first-order chi connectivity index (χ1) is 12.3. The molecule has 0 radical (unpaired) electrons. The average Bonchev–Trinajstić information content (AvgIpc) is 3.13. The normalized spacial score (nSPS) is 16.4. The van der Waals surface area contributed by atoms with Crippen LogP contribution in [0.15, 0.2) is 22.5 Å².